The first-order chi connectivity index (χ1) is 16.8. The lowest BCUT2D eigenvalue weighted by atomic mass is 10.1. The number of anilines is 1. The van der Waals surface area contributed by atoms with Crippen molar-refractivity contribution in [3.05, 3.63) is 67.2 Å². The van der Waals surface area contributed by atoms with Crippen LogP contribution in [0.1, 0.15) is 27.7 Å². The Kier molecular flexibility index (Phi) is 6.39. The van der Waals surface area contributed by atoms with Crippen LogP contribution in [-0.4, -0.2) is 63.9 Å². The number of hydrogen-bond acceptors (Lipinski definition) is 6. The van der Waals surface area contributed by atoms with Crippen molar-refractivity contribution < 1.29 is 4.79 Å². The van der Waals surface area contributed by atoms with Crippen LogP contribution in [0.4, 0.5) is 5.69 Å². The largest absolute Gasteiger partial charge is 0.384 e. The van der Waals surface area contributed by atoms with Gasteiger partial charge in [0.05, 0.1) is 21.7 Å². The maximum Gasteiger partial charge on any atom is 0.261 e. The highest BCUT2D eigenvalue weighted by molar-refractivity contribution is 7.10. The number of carbonyl (C=O) groups is 1. The molecule has 0 radical (unpaired) electrons. The third kappa shape index (κ3) is 4.59. The van der Waals surface area contributed by atoms with E-state index in [0.29, 0.717) is 41.2 Å². The third-order valence-corrected chi connectivity index (χ3v) is 7.70. The van der Waals surface area contributed by atoms with Crippen molar-refractivity contribution in [2.24, 2.45) is 0 Å². The lowest BCUT2D eigenvalue weighted by molar-refractivity contribution is 0.0692. The molecule has 182 valence electrons. The second-order valence-corrected chi connectivity index (χ2v) is 10.5. The number of nitrogens with zero attached hydrogens (tertiary/aromatic N) is 3. The molecule has 1 aromatic carbocycles. The highest BCUT2D eigenvalue weighted by Gasteiger charge is 2.32. The van der Waals surface area contributed by atoms with E-state index in [1.807, 2.05) is 48.6 Å². The van der Waals surface area contributed by atoms with Crippen molar-refractivity contribution in [1.82, 2.24) is 24.8 Å². The van der Waals surface area contributed by atoms with Gasteiger partial charge in [-0.05, 0) is 56.2 Å². The number of amides is 1. The predicted octanol–water partition coefficient (Wildman–Crippen LogP) is 4.19. The van der Waals surface area contributed by atoms with Gasteiger partial charge in [0.15, 0.2) is 0 Å². The minimum absolute atomic E-state index is 0.0213. The summed E-state index contributed by atoms with van der Waals surface area (Å²) in [5.41, 5.74) is 3.99. The molecule has 0 bridgehead atoms. The van der Waals surface area contributed by atoms with E-state index in [4.69, 9.17) is 16.6 Å². The van der Waals surface area contributed by atoms with Gasteiger partial charge in [-0.25, -0.2) is 4.98 Å². The summed E-state index contributed by atoms with van der Waals surface area (Å²) < 4.78 is 0. The van der Waals surface area contributed by atoms with Crippen molar-refractivity contribution in [2.45, 2.75) is 25.9 Å². The van der Waals surface area contributed by atoms with Gasteiger partial charge in [0.2, 0.25) is 0 Å². The molecule has 0 fully saturated rings. The number of benzene rings is 1. The zero-order valence-corrected chi connectivity index (χ0v) is 21.4. The average Bonchev–Trinajstić information content (AvgIpc) is 3.49. The van der Waals surface area contributed by atoms with Crippen molar-refractivity contribution in [2.75, 3.05) is 32.5 Å². The van der Waals surface area contributed by atoms with E-state index in [0.717, 1.165) is 33.9 Å². The minimum Gasteiger partial charge on any atom is -0.384 e. The van der Waals surface area contributed by atoms with Crippen LogP contribution < -0.4 is 10.9 Å². The first-order valence-corrected chi connectivity index (χ1v) is 12.7. The van der Waals surface area contributed by atoms with E-state index < -0.39 is 0 Å². The predicted molar refractivity (Wildman–Crippen MR) is 142 cm³/mol. The lowest BCUT2D eigenvalue weighted by Gasteiger charge is -2.26. The van der Waals surface area contributed by atoms with Crippen molar-refractivity contribution in [3.63, 3.8) is 0 Å². The summed E-state index contributed by atoms with van der Waals surface area (Å²) in [7, 11) is 4.01. The maximum absolute atomic E-state index is 13.1. The molecule has 4 aromatic rings. The topological polar surface area (TPSA) is 97.1 Å². The number of fused-ring (bicyclic) bond motifs is 2. The number of hydrogen-bond donors (Lipinski definition) is 3. The number of aromatic amines is 2. The van der Waals surface area contributed by atoms with Crippen LogP contribution >= 0.6 is 22.9 Å². The highest BCUT2D eigenvalue weighted by atomic mass is 35.5. The molecule has 1 amide bonds. The fourth-order valence-corrected chi connectivity index (χ4v) is 5.75. The summed E-state index contributed by atoms with van der Waals surface area (Å²) in [5, 5.41) is 6.08. The molecule has 4 heterocycles. The van der Waals surface area contributed by atoms with Gasteiger partial charge >= 0.3 is 0 Å². The molecular weight excluding hydrogens is 484 g/mol. The Labute approximate surface area is 211 Å². The quantitative estimate of drug-likeness (QED) is 0.330. The molecule has 10 heteroatoms. The number of H-pyrrole nitrogens is 2. The van der Waals surface area contributed by atoms with Crippen LogP contribution in [0.3, 0.4) is 0 Å². The number of likely N-dealkylation sites (N-methyl/N-ethyl adjacent to an activating group) is 1. The van der Waals surface area contributed by atoms with E-state index in [-0.39, 0.29) is 17.5 Å². The van der Waals surface area contributed by atoms with Crippen molar-refractivity contribution >= 4 is 45.6 Å². The Hall–Kier alpha value is -3.14. The maximum atomic E-state index is 13.1. The Balaban J connectivity index is 1.42. The molecule has 0 spiro atoms. The van der Waals surface area contributed by atoms with Gasteiger partial charge in [0.1, 0.15) is 11.4 Å². The van der Waals surface area contributed by atoms with Gasteiger partial charge in [-0.3, -0.25) is 9.59 Å². The third-order valence-electron chi connectivity index (χ3n) is 6.26. The number of nitrogens with one attached hydrogen (secondary N) is 3. The smallest absolute Gasteiger partial charge is 0.261 e. The monoisotopic (exact) mass is 510 g/mol. The van der Waals surface area contributed by atoms with E-state index in [2.05, 4.69) is 27.1 Å². The van der Waals surface area contributed by atoms with E-state index in [9.17, 15) is 9.59 Å². The number of pyridine rings is 1. The molecule has 35 heavy (non-hydrogen) atoms. The number of rotatable bonds is 8. The van der Waals surface area contributed by atoms with Gasteiger partial charge in [-0.15, -0.1) is 11.3 Å². The van der Waals surface area contributed by atoms with Gasteiger partial charge in [-0.1, -0.05) is 11.6 Å². The molecule has 1 aliphatic rings. The molecule has 0 saturated carbocycles. The first kappa shape index (κ1) is 23.6. The average molecular weight is 511 g/mol. The molecule has 3 aromatic heterocycles. The number of halogens is 1. The molecule has 3 N–H and O–H groups in total. The summed E-state index contributed by atoms with van der Waals surface area (Å²) in [4.78, 5) is 41.7. The molecular formula is C25H27ClN6O2S. The minimum atomic E-state index is -0.240. The van der Waals surface area contributed by atoms with Crippen LogP contribution in [0.2, 0.25) is 5.02 Å². The second kappa shape index (κ2) is 9.49. The van der Waals surface area contributed by atoms with Crippen LogP contribution in [0.25, 0.3) is 22.4 Å². The Morgan fingerprint density at radius 1 is 1.29 bits per heavy atom. The Morgan fingerprint density at radius 2 is 2.11 bits per heavy atom. The van der Waals surface area contributed by atoms with E-state index >= 15 is 0 Å². The zero-order chi connectivity index (χ0) is 24.7. The summed E-state index contributed by atoms with van der Waals surface area (Å²) >= 11 is 7.82. The highest BCUT2D eigenvalue weighted by Crippen LogP contribution is 2.31. The summed E-state index contributed by atoms with van der Waals surface area (Å²) in [6.07, 6.45) is 2.37. The first-order valence-electron chi connectivity index (χ1n) is 11.5. The molecule has 1 aliphatic heterocycles. The molecule has 0 aliphatic carbocycles. The lowest BCUT2D eigenvalue weighted by Crippen LogP contribution is -2.40. The van der Waals surface area contributed by atoms with Gasteiger partial charge in [-0.2, -0.15) is 0 Å². The van der Waals surface area contributed by atoms with Crippen molar-refractivity contribution in [1.29, 1.82) is 0 Å². The normalized spacial score (nSPS) is 14.2. The van der Waals surface area contributed by atoms with E-state index in [1.165, 1.54) is 0 Å². The van der Waals surface area contributed by atoms with Crippen LogP contribution in [0.15, 0.2) is 40.6 Å². The zero-order valence-electron chi connectivity index (χ0n) is 19.8. The van der Waals surface area contributed by atoms with Gasteiger partial charge in [0.25, 0.3) is 11.5 Å². The standard InChI is InChI=1S/C25H27ClN6O2S/c1-14(12-31(2)3)32-13-15-10-19-20(11-16(15)25(32)34)30-23(29-19)22-18(4-7-28-24(22)33)27-8-5-21-17(26)6-9-35-21/h4,6-7,9-11,14H,5,8,12-13H2,1-3H3,(H,29,30)(H2,27,28,33). The van der Waals surface area contributed by atoms with Gasteiger partial charge < -0.3 is 25.1 Å². The summed E-state index contributed by atoms with van der Waals surface area (Å²) in [5.74, 6) is 0.486. The van der Waals surface area contributed by atoms with Crippen LogP contribution in [-0.2, 0) is 13.0 Å². The number of aromatic nitrogens is 3. The Bertz CT molecular complexity index is 1460. The molecule has 8 nitrogen and oxygen atoms in total. The fraction of sp³-hybridized carbons (Fsp3) is 0.320. The van der Waals surface area contributed by atoms with Crippen molar-refractivity contribution in [3.8, 4) is 11.4 Å². The second-order valence-electron chi connectivity index (χ2n) is 9.12. The van der Waals surface area contributed by atoms with Crippen LogP contribution in [0, 0.1) is 0 Å². The number of carbonyl (C=O) groups excluding carboxylic acids is 1. The van der Waals surface area contributed by atoms with Gasteiger partial charge in [0, 0.05) is 48.7 Å². The number of thiophene rings is 1. The Morgan fingerprint density at radius 3 is 2.86 bits per heavy atom. The molecule has 1 atom stereocenters. The summed E-state index contributed by atoms with van der Waals surface area (Å²) in [6.45, 7) is 4.05. The molecule has 1 unspecified atom stereocenters. The summed E-state index contributed by atoms with van der Waals surface area (Å²) in [6, 6.07) is 7.63. The molecule has 0 saturated heterocycles. The van der Waals surface area contributed by atoms with E-state index in [1.54, 1.807) is 17.5 Å². The fourth-order valence-electron chi connectivity index (χ4n) is 4.62. The SMILES string of the molecule is CC(CN(C)C)N1Cc2cc3[nH]c(-c4c(NCCc5sccc5Cl)cc[nH]c4=O)nc3cc2C1=O. The van der Waals surface area contributed by atoms with Crippen LogP contribution in [0.5, 0.6) is 0 Å². The molecule has 5 rings (SSSR count). The number of imidazole rings is 1.